The number of aryl methyl sites for hydroxylation is 1. The second-order valence-electron chi connectivity index (χ2n) is 7.11. The average molecular weight is 343 g/mol. The van der Waals surface area contributed by atoms with E-state index in [4.69, 9.17) is 4.52 Å². The highest BCUT2D eigenvalue weighted by molar-refractivity contribution is 5.76. The van der Waals surface area contributed by atoms with Gasteiger partial charge in [-0.25, -0.2) is 4.39 Å². The molecule has 2 saturated carbocycles. The number of nitrogens with one attached hydrogen (secondary N) is 1. The highest BCUT2D eigenvalue weighted by Gasteiger charge is 2.30. The maximum Gasteiger partial charge on any atom is 0.227 e. The van der Waals surface area contributed by atoms with Crippen molar-refractivity contribution in [3.8, 4) is 0 Å². The second-order valence-corrected chi connectivity index (χ2v) is 7.11. The van der Waals surface area contributed by atoms with Crippen molar-refractivity contribution < 1.29 is 13.7 Å². The van der Waals surface area contributed by atoms with Gasteiger partial charge in [-0.15, -0.1) is 0 Å². The third-order valence-corrected chi connectivity index (χ3v) is 5.16. The lowest BCUT2D eigenvalue weighted by Gasteiger charge is -2.34. The molecule has 0 spiro atoms. The molecule has 0 bridgehead atoms. The summed E-state index contributed by atoms with van der Waals surface area (Å²) in [5.74, 6) is 1.89. The lowest BCUT2D eigenvalue weighted by molar-refractivity contribution is -0.122. The third-order valence-electron chi connectivity index (χ3n) is 5.16. The van der Waals surface area contributed by atoms with Crippen LogP contribution in [0.5, 0.6) is 0 Å². The minimum atomic E-state index is -0.259. The molecule has 1 amide bonds. The summed E-state index contributed by atoms with van der Waals surface area (Å²) >= 11 is 0. The monoisotopic (exact) mass is 343 g/mol. The molecule has 0 unspecified atom stereocenters. The average Bonchev–Trinajstić information content (AvgIpc) is 3.30. The Kier molecular flexibility index (Phi) is 4.51. The topological polar surface area (TPSA) is 68.0 Å². The molecular formula is C19H22FN3O2. The minimum absolute atomic E-state index is 0.0348. The molecule has 1 aromatic carbocycles. The summed E-state index contributed by atoms with van der Waals surface area (Å²) in [4.78, 5) is 16.7. The van der Waals surface area contributed by atoms with Crippen LogP contribution in [0.3, 0.4) is 0 Å². The number of carbonyl (C=O) groups excluding carboxylic acids is 1. The van der Waals surface area contributed by atoms with Crippen molar-refractivity contribution in [3.63, 3.8) is 0 Å². The Morgan fingerprint density at radius 2 is 2.00 bits per heavy atom. The van der Waals surface area contributed by atoms with E-state index in [1.54, 1.807) is 12.1 Å². The fraction of sp³-hybridized carbons (Fsp3) is 0.526. The van der Waals surface area contributed by atoms with Crippen LogP contribution in [-0.4, -0.2) is 16.0 Å². The zero-order chi connectivity index (χ0) is 17.2. The lowest BCUT2D eigenvalue weighted by Crippen LogP contribution is -2.36. The Bertz CT molecular complexity index is 735. The van der Waals surface area contributed by atoms with E-state index < -0.39 is 0 Å². The first-order valence-corrected chi connectivity index (χ1v) is 9.06. The summed E-state index contributed by atoms with van der Waals surface area (Å²) in [6, 6.07) is 6.37. The summed E-state index contributed by atoms with van der Waals surface area (Å²) in [5, 5.41) is 7.09. The number of carbonyl (C=O) groups is 1. The van der Waals surface area contributed by atoms with Gasteiger partial charge in [-0.2, -0.15) is 4.98 Å². The quantitative estimate of drug-likeness (QED) is 0.833. The molecule has 1 aromatic heterocycles. The fourth-order valence-electron chi connectivity index (χ4n) is 3.26. The van der Waals surface area contributed by atoms with Crippen LogP contribution in [-0.2, 0) is 11.2 Å². The van der Waals surface area contributed by atoms with Crippen molar-refractivity contribution >= 4 is 5.91 Å². The van der Waals surface area contributed by atoms with Crippen molar-refractivity contribution in [3.05, 3.63) is 47.4 Å². The summed E-state index contributed by atoms with van der Waals surface area (Å²) in [6.45, 7) is 0. The number of hydrogen-bond donors (Lipinski definition) is 1. The van der Waals surface area contributed by atoms with Crippen LogP contribution >= 0.6 is 0 Å². The number of hydrogen-bond acceptors (Lipinski definition) is 4. The van der Waals surface area contributed by atoms with E-state index in [0.29, 0.717) is 30.6 Å². The zero-order valence-electron chi connectivity index (χ0n) is 14.1. The van der Waals surface area contributed by atoms with Gasteiger partial charge in [0, 0.05) is 18.8 Å². The van der Waals surface area contributed by atoms with E-state index in [9.17, 15) is 9.18 Å². The van der Waals surface area contributed by atoms with Gasteiger partial charge in [0.2, 0.25) is 11.8 Å². The Balaban J connectivity index is 1.35. The van der Waals surface area contributed by atoms with Gasteiger partial charge in [0.1, 0.15) is 5.82 Å². The molecule has 1 N–H and O–H groups in total. The maximum atomic E-state index is 13.2. The number of benzene rings is 1. The van der Waals surface area contributed by atoms with E-state index >= 15 is 0 Å². The van der Waals surface area contributed by atoms with Crippen molar-refractivity contribution in [1.82, 2.24) is 15.5 Å². The lowest BCUT2D eigenvalue weighted by atomic mass is 9.77. The van der Waals surface area contributed by atoms with Gasteiger partial charge in [0.05, 0.1) is 6.04 Å². The predicted molar refractivity (Wildman–Crippen MR) is 89.2 cm³/mol. The highest BCUT2D eigenvalue weighted by Crippen LogP contribution is 2.38. The summed E-state index contributed by atoms with van der Waals surface area (Å²) < 4.78 is 18.4. The molecule has 1 atom stereocenters. The molecule has 1 heterocycles. The maximum absolute atomic E-state index is 13.2. The Morgan fingerprint density at radius 3 is 2.64 bits per heavy atom. The molecule has 132 valence electrons. The van der Waals surface area contributed by atoms with Crippen LogP contribution in [0.25, 0.3) is 0 Å². The van der Waals surface area contributed by atoms with Gasteiger partial charge in [-0.1, -0.05) is 23.7 Å². The molecule has 2 aliphatic carbocycles. The zero-order valence-corrected chi connectivity index (χ0v) is 14.1. The normalized spacial score (nSPS) is 18.6. The molecule has 2 fully saturated rings. The number of halogens is 1. The van der Waals surface area contributed by atoms with Crippen LogP contribution in [0.4, 0.5) is 4.39 Å². The van der Waals surface area contributed by atoms with Crippen LogP contribution in [0.1, 0.15) is 67.8 Å². The van der Waals surface area contributed by atoms with E-state index in [0.717, 1.165) is 37.1 Å². The fourth-order valence-corrected chi connectivity index (χ4v) is 3.26. The first-order chi connectivity index (χ1) is 12.2. The smallest absolute Gasteiger partial charge is 0.227 e. The molecule has 2 aromatic rings. The molecule has 25 heavy (non-hydrogen) atoms. The van der Waals surface area contributed by atoms with E-state index in [1.165, 1.54) is 18.6 Å². The summed E-state index contributed by atoms with van der Waals surface area (Å²) in [6.07, 6.45) is 6.39. The first-order valence-electron chi connectivity index (χ1n) is 9.06. The predicted octanol–water partition coefficient (Wildman–Crippen LogP) is 3.68. The SMILES string of the molecule is O=C(CCc1nc(C2CC2)no1)N[C@@H](c1ccc(F)cc1)C1CCC1. The Labute approximate surface area is 146 Å². The standard InChI is InChI=1S/C19H22FN3O2/c20-15-8-6-13(7-9-15)18(12-2-1-3-12)21-16(24)10-11-17-22-19(23-25-17)14-4-5-14/h6-9,12,14,18H,1-5,10-11H2,(H,21,24)/t18-/m1/s1. The van der Waals surface area contributed by atoms with Crippen molar-refractivity contribution in [2.24, 2.45) is 5.92 Å². The van der Waals surface area contributed by atoms with Gasteiger partial charge >= 0.3 is 0 Å². The van der Waals surface area contributed by atoms with Crippen LogP contribution in [0.2, 0.25) is 0 Å². The van der Waals surface area contributed by atoms with Crippen LogP contribution in [0.15, 0.2) is 28.8 Å². The van der Waals surface area contributed by atoms with Crippen molar-refractivity contribution in [1.29, 1.82) is 0 Å². The molecule has 2 aliphatic rings. The first kappa shape index (κ1) is 16.2. The number of amides is 1. The molecule has 0 saturated heterocycles. The molecule has 5 nitrogen and oxygen atoms in total. The van der Waals surface area contributed by atoms with Gasteiger partial charge in [0.15, 0.2) is 5.82 Å². The Hall–Kier alpha value is -2.24. The summed E-state index contributed by atoms with van der Waals surface area (Å²) in [7, 11) is 0. The number of aromatic nitrogens is 2. The number of rotatable bonds is 7. The van der Waals surface area contributed by atoms with Gasteiger partial charge in [-0.3, -0.25) is 4.79 Å². The van der Waals surface area contributed by atoms with Crippen molar-refractivity contribution in [2.45, 2.75) is 56.9 Å². The van der Waals surface area contributed by atoms with Gasteiger partial charge in [-0.05, 0) is 49.3 Å². The molecule has 0 aliphatic heterocycles. The molecule has 4 rings (SSSR count). The second kappa shape index (κ2) is 6.94. The van der Waals surface area contributed by atoms with E-state index in [-0.39, 0.29) is 17.8 Å². The third kappa shape index (κ3) is 3.89. The minimum Gasteiger partial charge on any atom is -0.349 e. The van der Waals surface area contributed by atoms with Crippen LogP contribution < -0.4 is 5.32 Å². The molecule has 0 radical (unpaired) electrons. The van der Waals surface area contributed by atoms with Gasteiger partial charge in [0.25, 0.3) is 0 Å². The molecule has 6 heteroatoms. The van der Waals surface area contributed by atoms with E-state index in [1.807, 2.05) is 0 Å². The highest BCUT2D eigenvalue weighted by atomic mass is 19.1. The largest absolute Gasteiger partial charge is 0.349 e. The van der Waals surface area contributed by atoms with Crippen LogP contribution in [0, 0.1) is 11.7 Å². The Morgan fingerprint density at radius 1 is 1.24 bits per heavy atom. The van der Waals surface area contributed by atoms with E-state index in [2.05, 4.69) is 15.5 Å². The molecular weight excluding hydrogens is 321 g/mol. The number of nitrogens with zero attached hydrogens (tertiary/aromatic N) is 2. The van der Waals surface area contributed by atoms with Crippen molar-refractivity contribution in [2.75, 3.05) is 0 Å². The summed E-state index contributed by atoms with van der Waals surface area (Å²) in [5.41, 5.74) is 0.966. The van der Waals surface area contributed by atoms with Gasteiger partial charge < -0.3 is 9.84 Å².